The first-order chi connectivity index (χ1) is 8.24. The van der Waals surface area contributed by atoms with Gasteiger partial charge >= 0.3 is 5.97 Å². The minimum absolute atomic E-state index is 0.0561. The van der Waals surface area contributed by atoms with Crippen LogP contribution in [0, 0.1) is 0 Å². The van der Waals surface area contributed by atoms with Crippen LogP contribution in [-0.4, -0.2) is 42.5 Å². The van der Waals surface area contributed by atoms with Crippen LogP contribution in [0.5, 0.6) is 0 Å². The highest BCUT2D eigenvalue weighted by Gasteiger charge is 2.05. The van der Waals surface area contributed by atoms with Gasteiger partial charge in [-0.3, -0.25) is 0 Å². The lowest BCUT2D eigenvalue weighted by Crippen LogP contribution is -2.16. The molecular weight excluding hydrogens is 242 g/mol. The second-order valence-electron chi connectivity index (χ2n) is 3.44. The molecule has 0 unspecified atom stereocenters. The van der Waals surface area contributed by atoms with Gasteiger partial charge in [0.25, 0.3) is 0 Å². The number of carbonyl (C=O) groups is 1. The fourth-order valence-corrected chi connectivity index (χ4v) is 2.08. The van der Waals surface area contributed by atoms with Crippen molar-refractivity contribution in [2.24, 2.45) is 0 Å². The second kappa shape index (κ2) is 8.19. The quantitative estimate of drug-likeness (QED) is 0.575. The number of nitrogens with one attached hydrogen (secondary N) is 1. The summed E-state index contributed by atoms with van der Waals surface area (Å²) in [5, 5.41) is 20.4. The summed E-state index contributed by atoms with van der Waals surface area (Å²) in [4.78, 5) is 12.0. The van der Waals surface area contributed by atoms with Gasteiger partial charge in [0.2, 0.25) is 0 Å². The van der Waals surface area contributed by atoms with E-state index in [2.05, 4.69) is 5.32 Å². The molecule has 0 atom stereocenters. The molecule has 0 bridgehead atoms. The molecule has 0 aromatic carbocycles. The molecule has 0 radical (unpaired) electrons. The van der Waals surface area contributed by atoms with Crippen LogP contribution >= 0.6 is 11.3 Å². The molecule has 1 rings (SSSR count). The summed E-state index contributed by atoms with van der Waals surface area (Å²) >= 11 is 1.29. The standard InChI is InChI=1S/C11H17NO4S/c13-5-7-16-6-1-4-12-8-9-2-3-10(17-9)11(14)15/h2-3,12-13H,1,4-8H2,(H,14,15). The van der Waals surface area contributed by atoms with E-state index in [4.69, 9.17) is 14.9 Å². The molecule has 0 aliphatic carbocycles. The van der Waals surface area contributed by atoms with Gasteiger partial charge in [-0.05, 0) is 25.1 Å². The van der Waals surface area contributed by atoms with E-state index >= 15 is 0 Å². The number of hydrogen-bond donors (Lipinski definition) is 3. The van der Waals surface area contributed by atoms with Crippen molar-refractivity contribution in [3.63, 3.8) is 0 Å². The Labute approximate surface area is 104 Å². The Morgan fingerprint density at radius 1 is 1.41 bits per heavy atom. The number of aromatic carboxylic acids is 1. The van der Waals surface area contributed by atoms with Crippen LogP contribution in [0.2, 0.25) is 0 Å². The Balaban J connectivity index is 2.07. The molecular formula is C11H17NO4S. The Morgan fingerprint density at radius 3 is 2.88 bits per heavy atom. The summed E-state index contributed by atoms with van der Waals surface area (Å²) in [6.07, 6.45) is 0.872. The van der Waals surface area contributed by atoms with Crippen molar-refractivity contribution >= 4 is 17.3 Å². The smallest absolute Gasteiger partial charge is 0.345 e. The third-order valence-electron chi connectivity index (χ3n) is 2.05. The molecule has 1 aromatic rings. The summed E-state index contributed by atoms with van der Waals surface area (Å²) in [5.41, 5.74) is 0. The lowest BCUT2D eigenvalue weighted by molar-refractivity contribution is 0.0702. The molecule has 3 N–H and O–H groups in total. The van der Waals surface area contributed by atoms with E-state index in [1.54, 1.807) is 6.07 Å². The van der Waals surface area contributed by atoms with Gasteiger partial charge in [0.05, 0.1) is 13.2 Å². The highest BCUT2D eigenvalue weighted by atomic mass is 32.1. The molecule has 17 heavy (non-hydrogen) atoms. The zero-order chi connectivity index (χ0) is 12.5. The van der Waals surface area contributed by atoms with Crippen molar-refractivity contribution in [2.75, 3.05) is 26.4 Å². The van der Waals surface area contributed by atoms with Gasteiger partial charge in [0.1, 0.15) is 4.88 Å². The van der Waals surface area contributed by atoms with E-state index in [9.17, 15) is 4.79 Å². The van der Waals surface area contributed by atoms with Crippen molar-refractivity contribution in [3.8, 4) is 0 Å². The van der Waals surface area contributed by atoms with Gasteiger partial charge in [-0.1, -0.05) is 0 Å². The van der Waals surface area contributed by atoms with Crippen LogP contribution in [0.4, 0.5) is 0 Å². The average Bonchev–Trinajstić information content (AvgIpc) is 2.77. The SMILES string of the molecule is O=C(O)c1ccc(CNCCCOCCO)s1. The van der Waals surface area contributed by atoms with E-state index in [-0.39, 0.29) is 6.61 Å². The van der Waals surface area contributed by atoms with Gasteiger partial charge < -0.3 is 20.3 Å². The molecule has 0 amide bonds. The van der Waals surface area contributed by atoms with Crippen molar-refractivity contribution < 1.29 is 19.7 Å². The number of hydrogen-bond acceptors (Lipinski definition) is 5. The highest BCUT2D eigenvalue weighted by molar-refractivity contribution is 7.13. The molecule has 1 aromatic heterocycles. The molecule has 1 heterocycles. The van der Waals surface area contributed by atoms with Crippen molar-refractivity contribution in [1.82, 2.24) is 5.32 Å². The number of aliphatic hydroxyl groups is 1. The lowest BCUT2D eigenvalue weighted by Gasteiger charge is -2.03. The van der Waals surface area contributed by atoms with E-state index in [0.717, 1.165) is 17.8 Å². The first kappa shape index (κ1) is 14.1. The average molecular weight is 259 g/mol. The maximum Gasteiger partial charge on any atom is 0.345 e. The van der Waals surface area contributed by atoms with Gasteiger partial charge in [-0.25, -0.2) is 4.79 Å². The monoisotopic (exact) mass is 259 g/mol. The first-order valence-electron chi connectivity index (χ1n) is 5.45. The number of carboxylic acids is 1. The molecule has 6 heteroatoms. The fraction of sp³-hybridized carbons (Fsp3) is 0.545. The maximum atomic E-state index is 10.6. The number of thiophene rings is 1. The molecule has 96 valence electrons. The van der Waals surface area contributed by atoms with E-state index < -0.39 is 5.97 Å². The molecule has 0 spiro atoms. The predicted molar refractivity (Wildman–Crippen MR) is 65.5 cm³/mol. The topological polar surface area (TPSA) is 78.8 Å². The third-order valence-corrected chi connectivity index (χ3v) is 3.12. The summed E-state index contributed by atoms with van der Waals surface area (Å²) in [7, 11) is 0. The number of ether oxygens (including phenoxy) is 1. The summed E-state index contributed by atoms with van der Waals surface area (Å²) in [5.74, 6) is -0.876. The van der Waals surface area contributed by atoms with Crippen LogP contribution in [0.15, 0.2) is 12.1 Å². The van der Waals surface area contributed by atoms with Crippen LogP contribution < -0.4 is 5.32 Å². The van der Waals surface area contributed by atoms with E-state index in [0.29, 0.717) is 24.6 Å². The van der Waals surface area contributed by atoms with Gasteiger partial charge in [0, 0.05) is 18.0 Å². The molecule has 0 saturated carbocycles. The predicted octanol–water partition coefficient (Wildman–Crippen LogP) is 0.935. The summed E-state index contributed by atoms with van der Waals surface area (Å²) in [6, 6.07) is 3.44. The number of carboxylic acid groups (broad SMARTS) is 1. The first-order valence-corrected chi connectivity index (χ1v) is 6.27. The third kappa shape index (κ3) is 5.78. The Bertz CT molecular complexity index is 340. The van der Waals surface area contributed by atoms with Crippen molar-refractivity contribution in [1.29, 1.82) is 0 Å². The number of rotatable bonds is 9. The molecule has 5 nitrogen and oxygen atoms in total. The van der Waals surface area contributed by atoms with Crippen molar-refractivity contribution in [2.45, 2.75) is 13.0 Å². The van der Waals surface area contributed by atoms with Crippen LogP contribution in [0.3, 0.4) is 0 Å². The summed E-state index contributed by atoms with van der Waals surface area (Å²) < 4.78 is 5.11. The minimum Gasteiger partial charge on any atom is -0.477 e. The lowest BCUT2D eigenvalue weighted by atomic mass is 10.4. The Morgan fingerprint density at radius 2 is 2.24 bits per heavy atom. The van der Waals surface area contributed by atoms with E-state index in [1.807, 2.05) is 6.07 Å². The van der Waals surface area contributed by atoms with Gasteiger partial charge in [-0.15, -0.1) is 11.3 Å². The Kier molecular flexibility index (Phi) is 6.80. The van der Waals surface area contributed by atoms with Gasteiger partial charge in [0.15, 0.2) is 0 Å². The largest absolute Gasteiger partial charge is 0.477 e. The van der Waals surface area contributed by atoms with Crippen molar-refractivity contribution in [3.05, 3.63) is 21.9 Å². The maximum absolute atomic E-state index is 10.6. The van der Waals surface area contributed by atoms with Crippen LogP contribution in [-0.2, 0) is 11.3 Å². The van der Waals surface area contributed by atoms with Crippen LogP contribution in [0.1, 0.15) is 21.0 Å². The fourth-order valence-electron chi connectivity index (χ4n) is 1.27. The van der Waals surface area contributed by atoms with Gasteiger partial charge in [-0.2, -0.15) is 0 Å². The minimum atomic E-state index is -0.876. The summed E-state index contributed by atoms with van der Waals surface area (Å²) in [6.45, 7) is 2.55. The zero-order valence-electron chi connectivity index (χ0n) is 9.52. The van der Waals surface area contributed by atoms with Crippen LogP contribution in [0.25, 0.3) is 0 Å². The second-order valence-corrected chi connectivity index (χ2v) is 4.61. The molecule has 0 aliphatic rings. The molecule has 0 aliphatic heterocycles. The number of aliphatic hydroxyl groups excluding tert-OH is 1. The highest BCUT2D eigenvalue weighted by Crippen LogP contribution is 2.15. The van der Waals surface area contributed by atoms with E-state index in [1.165, 1.54) is 11.3 Å². The molecule has 0 saturated heterocycles. The Hall–Kier alpha value is -0.950. The molecule has 0 fully saturated rings. The normalized spacial score (nSPS) is 10.6. The zero-order valence-corrected chi connectivity index (χ0v) is 10.3.